The second-order valence-corrected chi connectivity index (χ2v) is 14.2. The first-order valence-corrected chi connectivity index (χ1v) is 19.2. The second kappa shape index (κ2) is 17.7. The lowest BCUT2D eigenvalue weighted by atomic mass is 9.95. The fraction of sp³-hybridized carbons (Fsp3) is 0.159. The Labute approximate surface area is 341 Å². The number of ether oxygens (including phenoxy) is 4. The number of carbonyl (C=O) groups excluding carboxylic acids is 3. The van der Waals surface area contributed by atoms with Gasteiger partial charge < -0.3 is 18.9 Å². The topological polar surface area (TPSA) is 140 Å². The minimum absolute atomic E-state index is 0.0325. The maximum absolute atomic E-state index is 14.1. The van der Waals surface area contributed by atoms with Crippen LogP contribution in [0.5, 0.6) is 17.4 Å². The number of hydrogen-bond donors (Lipinski definition) is 0. The van der Waals surface area contributed by atoms with Crippen molar-refractivity contribution in [3.63, 3.8) is 0 Å². The van der Waals surface area contributed by atoms with Crippen LogP contribution in [0, 0.1) is 12.7 Å². The van der Waals surface area contributed by atoms with Crippen LogP contribution in [0.3, 0.4) is 0 Å². The fourth-order valence-electron chi connectivity index (χ4n) is 6.43. The fourth-order valence-corrected chi connectivity index (χ4v) is 7.79. The molecule has 292 valence electrons. The minimum Gasteiger partial charge on any atom is -0.496 e. The Bertz CT molecular complexity index is 2650. The number of halogens is 2. The van der Waals surface area contributed by atoms with Crippen molar-refractivity contribution in [3.05, 3.63) is 136 Å². The van der Waals surface area contributed by atoms with Gasteiger partial charge in [0.15, 0.2) is 12.1 Å². The van der Waals surface area contributed by atoms with Gasteiger partial charge in [-0.2, -0.15) is 0 Å². The Kier molecular flexibility index (Phi) is 12.1. The van der Waals surface area contributed by atoms with Crippen LogP contribution in [-0.4, -0.2) is 58.3 Å². The highest BCUT2D eigenvalue weighted by molar-refractivity contribution is 7.22. The van der Waals surface area contributed by atoms with Crippen molar-refractivity contribution in [2.45, 2.75) is 33.0 Å². The molecular formula is C44H34ClFN4O7S. The Morgan fingerprint density at radius 2 is 1.74 bits per heavy atom. The number of aldehydes is 2. The average Bonchev–Trinajstić information content (AvgIpc) is 3.64. The summed E-state index contributed by atoms with van der Waals surface area (Å²) in [7, 11) is 1.58. The van der Waals surface area contributed by atoms with Crippen LogP contribution in [0.2, 0.25) is 5.02 Å². The predicted octanol–water partition coefficient (Wildman–Crippen LogP) is 9.35. The molecule has 0 radical (unpaired) electrons. The van der Waals surface area contributed by atoms with Crippen molar-refractivity contribution in [2.75, 3.05) is 13.7 Å². The summed E-state index contributed by atoms with van der Waals surface area (Å²) in [5, 5.41) is 0.730. The first kappa shape index (κ1) is 39.7. The zero-order chi connectivity index (χ0) is 40.8. The lowest BCUT2D eigenvalue weighted by Gasteiger charge is -2.20. The number of benzene rings is 4. The van der Waals surface area contributed by atoms with Gasteiger partial charge in [0.1, 0.15) is 41.4 Å². The molecule has 4 aromatic carbocycles. The molecule has 0 fully saturated rings. The summed E-state index contributed by atoms with van der Waals surface area (Å²) in [4.78, 5) is 56.9. The molecule has 0 amide bonds. The van der Waals surface area contributed by atoms with Crippen molar-refractivity contribution in [1.82, 2.24) is 19.9 Å². The molecule has 0 saturated heterocycles. The normalized spacial score (nSPS) is 11.5. The number of methoxy groups -OCH3 is 1. The van der Waals surface area contributed by atoms with Gasteiger partial charge in [-0.05, 0) is 90.7 Å². The molecule has 0 saturated carbocycles. The number of nitrogens with zero attached hydrogens (tertiary/aromatic N) is 4. The van der Waals surface area contributed by atoms with E-state index in [0.29, 0.717) is 95.2 Å². The van der Waals surface area contributed by atoms with Gasteiger partial charge in [0, 0.05) is 34.2 Å². The number of hydrogen-bond acceptors (Lipinski definition) is 12. The second-order valence-electron chi connectivity index (χ2n) is 12.8. The Morgan fingerprint density at radius 1 is 0.931 bits per heavy atom. The molecule has 0 aliphatic rings. The van der Waals surface area contributed by atoms with Gasteiger partial charge in [0.2, 0.25) is 12.0 Å². The zero-order valence-corrected chi connectivity index (χ0v) is 33.0. The maximum Gasteiger partial charge on any atom is 0.347 e. The highest BCUT2D eigenvalue weighted by atomic mass is 35.5. The molecule has 58 heavy (non-hydrogen) atoms. The maximum atomic E-state index is 14.1. The van der Waals surface area contributed by atoms with Crippen LogP contribution in [-0.2, 0) is 22.6 Å². The van der Waals surface area contributed by atoms with Gasteiger partial charge in [0.25, 0.3) is 0 Å². The third-order valence-electron chi connectivity index (χ3n) is 9.24. The quantitative estimate of drug-likeness (QED) is 0.0722. The molecular weight excluding hydrogens is 783 g/mol. The SMILES string of the molecule is CCOC(=O)[C@@H](Cc1cc(C=O)ccc1OCc1ccnc(-c2ccccc2OC)n1)Oc1ncnc2sc(-c3ccc(F)cc3)c(-c3ccc(C=O)c(Cl)c3C)c12. The van der Waals surface area contributed by atoms with E-state index in [0.717, 1.165) is 0 Å². The average molecular weight is 817 g/mol. The summed E-state index contributed by atoms with van der Waals surface area (Å²) in [6, 6.07) is 23.4. The summed E-state index contributed by atoms with van der Waals surface area (Å²) in [5.41, 5.74) is 5.00. The molecule has 1 atom stereocenters. The molecule has 0 N–H and O–H groups in total. The first-order valence-electron chi connectivity index (χ1n) is 18.0. The van der Waals surface area contributed by atoms with E-state index in [2.05, 4.69) is 19.9 Å². The van der Waals surface area contributed by atoms with Gasteiger partial charge in [0.05, 0.1) is 35.4 Å². The van der Waals surface area contributed by atoms with Gasteiger partial charge in [-0.15, -0.1) is 11.3 Å². The van der Waals surface area contributed by atoms with Gasteiger partial charge in [-0.25, -0.2) is 29.1 Å². The standard InChI is InChI=1S/C44H34ClFN4O7S/c1-4-55-44(53)36(20-29-19-26(21-51)9-16-34(29)56-23-31-17-18-47-41(50-31)33-7-5-6-8-35(33)54-3)57-42-38-37(32-15-12-28(22-52)39(45)25(32)2)40(58-43(38)49-24-48-42)27-10-13-30(46)14-11-27/h5-19,21-22,24,36H,4,20,23H2,1-3H3/t36-/m1/s1. The van der Waals surface area contributed by atoms with Crippen LogP contribution in [0.4, 0.5) is 4.39 Å². The molecule has 0 spiro atoms. The molecule has 0 bridgehead atoms. The lowest BCUT2D eigenvalue weighted by Crippen LogP contribution is -2.32. The minimum atomic E-state index is -1.28. The van der Waals surface area contributed by atoms with Crippen LogP contribution < -0.4 is 14.2 Å². The van der Waals surface area contributed by atoms with E-state index in [1.165, 1.54) is 29.8 Å². The summed E-state index contributed by atoms with van der Waals surface area (Å²) in [6.45, 7) is 3.57. The van der Waals surface area contributed by atoms with Crippen molar-refractivity contribution in [1.29, 1.82) is 0 Å². The smallest absolute Gasteiger partial charge is 0.347 e. The van der Waals surface area contributed by atoms with Crippen LogP contribution in [0.15, 0.2) is 97.5 Å². The highest BCUT2D eigenvalue weighted by Gasteiger charge is 2.29. The Hall–Kier alpha value is -6.57. The van der Waals surface area contributed by atoms with Crippen LogP contribution in [0.25, 0.3) is 43.2 Å². The van der Waals surface area contributed by atoms with Crippen molar-refractivity contribution in [3.8, 4) is 50.3 Å². The van der Waals surface area contributed by atoms with E-state index in [9.17, 15) is 18.8 Å². The van der Waals surface area contributed by atoms with E-state index in [-0.39, 0.29) is 30.5 Å². The molecule has 7 rings (SSSR count). The summed E-state index contributed by atoms with van der Waals surface area (Å²) < 4.78 is 37.9. The number of fused-ring (bicyclic) bond motifs is 1. The van der Waals surface area contributed by atoms with Crippen molar-refractivity contribution < 1.29 is 37.7 Å². The summed E-state index contributed by atoms with van der Waals surface area (Å²) in [6.07, 6.45) is 2.97. The van der Waals surface area contributed by atoms with E-state index >= 15 is 0 Å². The Morgan fingerprint density at radius 3 is 2.50 bits per heavy atom. The van der Waals surface area contributed by atoms with Gasteiger partial charge in [-0.1, -0.05) is 41.9 Å². The molecule has 0 unspecified atom stereocenters. The summed E-state index contributed by atoms with van der Waals surface area (Å²) >= 11 is 8.00. The molecule has 3 aromatic heterocycles. The highest BCUT2D eigenvalue weighted by Crippen LogP contribution is 2.49. The Balaban J connectivity index is 1.28. The predicted molar refractivity (Wildman–Crippen MR) is 218 cm³/mol. The number of aromatic nitrogens is 4. The van der Waals surface area contributed by atoms with Crippen molar-refractivity contribution in [2.24, 2.45) is 0 Å². The van der Waals surface area contributed by atoms with Crippen molar-refractivity contribution >= 4 is 51.7 Å². The molecule has 0 aliphatic carbocycles. The first-order chi connectivity index (χ1) is 28.2. The molecule has 0 aliphatic heterocycles. The van der Waals surface area contributed by atoms with Crippen LogP contribution in [0.1, 0.15) is 44.5 Å². The van der Waals surface area contributed by atoms with Gasteiger partial charge >= 0.3 is 5.97 Å². The number of rotatable bonds is 15. The molecule has 3 heterocycles. The lowest BCUT2D eigenvalue weighted by molar-refractivity contribution is -0.151. The third kappa shape index (κ3) is 8.27. The molecule has 11 nitrogen and oxygen atoms in total. The van der Waals surface area contributed by atoms with E-state index in [4.69, 9.17) is 30.5 Å². The number of para-hydroxylation sites is 1. The molecule has 14 heteroatoms. The van der Waals surface area contributed by atoms with E-state index in [1.54, 1.807) is 75.7 Å². The zero-order valence-electron chi connectivity index (χ0n) is 31.4. The van der Waals surface area contributed by atoms with Crippen LogP contribution >= 0.6 is 22.9 Å². The molecule has 7 aromatic rings. The number of esters is 1. The largest absolute Gasteiger partial charge is 0.496 e. The number of carbonyl (C=O) groups is 3. The summed E-state index contributed by atoms with van der Waals surface area (Å²) in [5.74, 6) is 0.433. The third-order valence-corrected chi connectivity index (χ3v) is 10.9. The monoisotopic (exact) mass is 816 g/mol. The van der Waals surface area contributed by atoms with E-state index < -0.39 is 17.9 Å². The number of thiophene rings is 1. The van der Waals surface area contributed by atoms with E-state index in [1.807, 2.05) is 24.3 Å². The van der Waals surface area contributed by atoms with Gasteiger partial charge in [-0.3, -0.25) is 9.59 Å².